The number of hydrogen-bond acceptors (Lipinski definition) is 2. The summed E-state index contributed by atoms with van der Waals surface area (Å²) in [5.41, 5.74) is 3.26. The monoisotopic (exact) mass is 290 g/mol. The van der Waals surface area contributed by atoms with Crippen LogP contribution in [0.1, 0.15) is 38.3 Å². The molecule has 0 radical (unpaired) electrons. The van der Waals surface area contributed by atoms with Crippen molar-refractivity contribution in [3.8, 4) is 0 Å². The van der Waals surface area contributed by atoms with Crippen molar-refractivity contribution in [2.24, 2.45) is 11.8 Å². The highest BCUT2D eigenvalue weighted by Crippen LogP contribution is 2.18. The van der Waals surface area contributed by atoms with Gasteiger partial charge in [-0.05, 0) is 56.3 Å². The fourth-order valence-electron chi connectivity index (χ4n) is 2.80. The van der Waals surface area contributed by atoms with Gasteiger partial charge in [0.2, 0.25) is 5.91 Å². The largest absolute Gasteiger partial charge is 0.325 e. The molecule has 3 heteroatoms. The van der Waals surface area contributed by atoms with Gasteiger partial charge < -0.3 is 5.32 Å². The average molecular weight is 290 g/mol. The molecule has 1 atom stereocenters. The molecule has 0 heterocycles. The number of benzene rings is 1. The number of carbonyl (C=O) groups excluding carboxylic acids is 1. The lowest BCUT2D eigenvalue weighted by atomic mass is 9.98. The zero-order chi connectivity index (χ0) is 16.0. The van der Waals surface area contributed by atoms with Crippen molar-refractivity contribution in [3.63, 3.8) is 0 Å². The molecule has 0 aliphatic rings. The van der Waals surface area contributed by atoms with Gasteiger partial charge in [0, 0.05) is 12.2 Å². The van der Waals surface area contributed by atoms with Crippen LogP contribution in [-0.4, -0.2) is 30.9 Å². The first-order chi connectivity index (χ1) is 9.79. The molecule has 0 saturated carbocycles. The second-order valence-corrected chi connectivity index (χ2v) is 6.73. The zero-order valence-corrected chi connectivity index (χ0v) is 14.4. The quantitative estimate of drug-likeness (QED) is 0.827. The standard InChI is InChI=1S/C18H30N2O/c1-13(2)10-14(3)11-20(6)12-18(21)19-17-9-7-8-15(4)16(17)5/h7-9,13-14H,10-12H2,1-6H3,(H,19,21)/t14-/m1/s1. The molecule has 0 aliphatic carbocycles. The number of carbonyl (C=O) groups is 1. The summed E-state index contributed by atoms with van der Waals surface area (Å²) in [6.07, 6.45) is 1.20. The van der Waals surface area contributed by atoms with Gasteiger partial charge in [0.05, 0.1) is 6.54 Å². The molecular weight excluding hydrogens is 260 g/mol. The first kappa shape index (κ1) is 17.7. The lowest BCUT2D eigenvalue weighted by Crippen LogP contribution is -2.33. The average Bonchev–Trinajstić information content (AvgIpc) is 2.33. The van der Waals surface area contributed by atoms with E-state index >= 15 is 0 Å². The molecule has 0 aliphatic heterocycles. The normalized spacial score (nSPS) is 12.8. The van der Waals surface area contributed by atoms with E-state index in [1.807, 2.05) is 26.1 Å². The summed E-state index contributed by atoms with van der Waals surface area (Å²) in [5.74, 6) is 1.38. The number of nitrogens with zero attached hydrogens (tertiary/aromatic N) is 1. The zero-order valence-electron chi connectivity index (χ0n) is 14.4. The third-order valence-corrected chi connectivity index (χ3v) is 3.79. The van der Waals surface area contributed by atoms with Crippen LogP contribution in [0.2, 0.25) is 0 Å². The highest BCUT2D eigenvalue weighted by atomic mass is 16.2. The SMILES string of the molecule is Cc1cccc(NC(=O)CN(C)C[C@H](C)CC(C)C)c1C. The Hall–Kier alpha value is -1.35. The van der Waals surface area contributed by atoms with Gasteiger partial charge in [-0.2, -0.15) is 0 Å². The maximum Gasteiger partial charge on any atom is 0.238 e. The minimum atomic E-state index is 0.0583. The molecule has 1 aromatic rings. The van der Waals surface area contributed by atoms with Crippen LogP contribution in [0.3, 0.4) is 0 Å². The first-order valence-corrected chi connectivity index (χ1v) is 7.84. The number of anilines is 1. The van der Waals surface area contributed by atoms with E-state index < -0.39 is 0 Å². The van der Waals surface area contributed by atoms with Gasteiger partial charge in [-0.3, -0.25) is 9.69 Å². The molecular formula is C18H30N2O. The Morgan fingerprint density at radius 2 is 1.90 bits per heavy atom. The highest BCUT2D eigenvalue weighted by Gasteiger charge is 2.12. The molecule has 0 bridgehead atoms. The van der Waals surface area contributed by atoms with E-state index in [0.29, 0.717) is 18.4 Å². The molecule has 1 amide bonds. The number of nitrogens with one attached hydrogen (secondary N) is 1. The van der Waals surface area contributed by atoms with Gasteiger partial charge in [0.1, 0.15) is 0 Å². The molecule has 0 fully saturated rings. The van der Waals surface area contributed by atoms with E-state index in [9.17, 15) is 4.79 Å². The van der Waals surface area contributed by atoms with Gasteiger partial charge in [-0.25, -0.2) is 0 Å². The van der Waals surface area contributed by atoms with E-state index in [0.717, 1.165) is 17.8 Å². The maximum absolute atomic E-state index is 12.1. The van der Waals surface area contributed by atoms with Gasteiger partial charge in [-0.1, -0.05) is 32.9 Å². The number of likely N-dealkylation sites (N-methyl/N-ethyl adjacent to an activating group) is 1. The van der Waals surface area contributed by atoms with E-state index in [1.165, 1.54) is 12.0 Å². The molecule has 3 nitrogen and oxygen atoms in total. The fourth-order valence-corrected chi connectivity index (χ4v) is 2.80. The minimum Gasteiger partial charge on any atom is -0.325 e. The minimum absolute atomic E-state index is 0.0583. The highest BCUT2D eigenvalue weighted by molar-refractivity contribution is 5.93. The van der Waals surface area contributed by atoms with Gasteiger partial charge in [-0.15, -0.1) is 0 Å². The van der Waals surface area contributed by atoms with Crippen LogP contribution < -0.4 is 5.32 Å². The molecule has 21 heavy (non-hydrogen) atoms. The Morgan fingerprint density at radius 1 is 1.24 bits per heavy atom. The Bertz CT molecular complexity index is 468. The molecule has 0 unspecified atom stereocenters. The molecule has 1 aromatic carbocycles. The van der Waals surface area contributed by atoms with E-state index in [4.69, 9.17) is 0 Å². The van der Waals surface area contributed by atoms with E-state index in [2.05, 4.69) is 44.0 Å². The van der Waals surface area contributed by atoms with Crippen molar-refractivity contribution in [1.82, 2.24) is 4.90 Å². The van der Waals surface area contributed by atoms with E-state index in [1.54, 1.807) is 0 Å². The van der Waals surface area contributed by atoms with Crippen LogP contribution in [0, 0.1) is 25.7 Å². The second kappa shape index (κ2) is 8.18. The number of rotatable bonds is 7. The molecule has 0 spiro atoms. The van der Waals surface area contributed by atoms with Crippen molar-refractivity contribution in [2.75, 3.05) is 25.5 Å². The van der Waals surface area contributed by atoms with Crippen LogP contribution in [0.4, 0.5) is 5.69 Å². The number of hydrogen-bond donors (Lipinski definition) is 1. The Morgan fingerprint density at radius 3 is 2.52 bits per heavy atom. The molecule has 0 saturated heterocycles. The van der Waals surface area contributed by atoms with Crippen LogP contribution in [0.5, 0.6) is 0 Å². The lowest BCUT2D eigenvalue weighted by Gasteiger charge is -2.22. The molecule has 1 N–H and O–H groups in total. The topological polar surface area (TPSA) is 32.3 Å². The summed E-state index contributed by atoms with van der Waals surface area (Å²) in [7, 11) is 2.01. The van der Waals surface area contributed by atoms with Gasteiger partial charge in [0.15, 0.2) is 0 Å². The van der Waals surface area contributed by atoms with E-state index in [-0.39, 0.29) is 5.91 Å². The van der Waals surface area contributed by atoms with Crippen molar-refractivity contribution in [2.45, 2.75) is 41.0 Å². The van der Waals surface area contributed by atoms with Crippen molar-refractivity contribution < 1.29 is 4.79 Å². The van der Waals surface area contributed by atoms with Gasteiger partial charge in [0.25, 0.3) is 0 Å². The summed E-state index contributed by atoms with van der Waals surface area (Å²) in [5, 5.41) is 3.02. The van der Waals surface area contributed by atoms with Crippen molar-refractivity contribution >= 4 is 11.6 Å². The van der Waals surface area contributed by atoms with Gasteiger partial charge >= 0.3 is 0 Å². The maximum atomic E-state index is 12.1. The number of amides is 1. The summed E-state index contributed by atoms with van der Waals surface area (Å²) >= 11 is 0. The summed E-state index contributed by atoms with van der Waals surface area (Å²) < 4.78 is 0. The van der Waals surface area contributed by atoms with Crippen LogP contribution in [0.25, 0.3) is 0 Å². The van der Waals surface area contributed by atoms with Crippen LogP contribution in [0.15, 0.2) is 18.2 Å². The van der Waals surface area contributed by atoms with Crippen LogP contribution >= 0.6 is 0 Å². The summed E-state index contributed by atoms with van der Waals surface area (Å²) in [6.45, 7) is 12.2. The summed E-state index contributed by atoms with van der Waals surface area (Å²) in [6, 6.07) is 6.00. The second-order valence-electron chi connectivity index (χ2n) is 6.73. The fraction of sp³-hybridized carbons (Fsp3) is 0.611. The Labute approximate surface area is 129 Å². The molecule has 1 rings (SSSR count). The summed E-state index contributed by atoms with van der Waals surface area (Å²) in [4.78, 5) is 14.2. The van der Waals surface area contributed by atoms with Crippen molar-refractivity contribution in [1.29, 1.82) is 0 Å². The van der Waals surface area contributed by atoms with Crippen molar-refractivity contribution in [3.05, 3.63) is 29.3 Å². The Balaban J connectivity index is 2.48. The Kier molecular flexibility index (Phi) is 6.90. The molecule has 0 aromatic heterocycles. The first-order valence-electron chi connectivity index (χ1n) is 7.84. The van der Waals surface area contributed by atoms with Crippen LogP contribution in [-0.2, 0) is 4.79 Å². The third kappa shape index (κ3) is 6.30. The number of aryl methyl sites for hydroxylation is 1. The predicted octanol–water partition coefficient (Wildman–Crippen LogP) is 3.86. The lowest BCUT2D eigenvalue weighted by molar-refractivity contribution is -0.117. The molecule has 118 valence electrons. The smallest absolute Gasteiger partial charge is 0.238 e. The third-order valence-electron chi connectivity index (χ3n) is 3.79. The predicted molar refractivity (Wildman–Crippen MR) is 90.7 cm³/mol.